The second kappa shape index (κ2) is 9.69. The van der Waals surface area contributed by atoms with Crippen molar-refractivity contribution in [2.45, 2.75) is 13.8 Å². The van der Waals surface area contributed by atoms with E-state index < -0.39 is 0 Å². The molecule has 0 atom stereocenters. The molecule has 6 heteroatoms. The van der Waals surface area contributed by atoms with Crippen LogP contribution < -0.4 is 24.4 Å². The smallest absolute Gasteiger partial charge is 0.235 e. The van der Waals surface area contributed by atoms with Crippen LogP contribution in [0, 0.1) is 13.8 Å². The fraction of sp³-hybridized carbons (Fsp3) is 0.222. The normalized spacial score (nSPS) is 10.8. The van der Waals surface area contributed by atoms with Crippen molar-refractivity contribution in [1.29, 1.82) is 0 Å². The molecule has 0 bridgehead atoms. The minimum Gasteiger partial charge on any atom is -0.493 e. The van der Waals surface area contributed by atoms with Crippen LogP contribution >= 0.6 is 0 Å². The average Bonchev–Trinajstić information content (AvgIpc) is 2.82. The average molecular weight is 446 g/mol. The molecule has 1 heterocycles. The first-order valence-corrected chi connectivity index (χ1v) is 10.6. The number of para-hydroxylation sites is 1. The third-order valence-electron chi connectivity index (χ3n) is 5.28. The molecule has 0 aliphatic heterocycles. The van der Waals surface area contributed by atoms with E-state index in [-0.39, 0.29) is 24.4 Å². The highest BCUT2D eigenvalue weighted by Crippen LogP contribution is 2.37. The Bertz CT molecular complexity index is 1320. The molecule has 0 unspecified atom stereocenters. The quantitative estimate of drug-likeness (QED) is 0.331. The Kier molecular flexibility index (Phi) is 6.54. The maximum Gasteiger partial charge on any atom is 0.235 e. The summed E-state index contributed by atoms with van der Waals surface area (Å²) >= 11 is 0. The molecular weight excluding hydrogens is 420 g/mol. The lowest BCUT2D eigenvalue weighted by atomic mass is 10.0. The van der Waals surface area contributed by atoms with Gasteiger partial charge in [0.25, 0.3) is 0 Å². The van der Waals surface area contributed by atoms with Gasteiger partial charge in [0.1, 0.15) is 24.5 Å². The molecule has 0 spiro atoms. The summed E-state index contributed by atoms with van der Waals surface area (Å²) in [7, 11) is 3.13. The Balaban J connectivity index is 1.76. The van der Waals surface area contributed by atoms with E-state index in [1.54, 1.807) is 32.4 Å². The van der Waals surface area contributed by atoms with Gasteiger partial charge in [0.15, 0.2) is 17.3 Å². The van der Waals surface area contributed by atoms with Gasteiger partial charge in [-0.25, -0.2) is 0 Å². The Morgan fingerprint density at radius 1 is 0.818 bits per heavy atom. The molecule has 1 aromatic heterocycles. The first-order valence-electron chi connectivity index (χ1n) is 10.6. The molecule has 0 saturated carbocycles. The zero-order valence-corrected chi connectivity index (χ0v) is 19.1. The molecular formula is C27H26O6. The lowest BCUT2D eigenvalue weighted by molar-refractivity contribution is 0.214. The number of rotatable bonds is 8. The molecule has 0 aliphatic rings. The zero-order valence-electron chi connectivity index (χ0n) is 19.1. The maximum absolute atomic E-state index is 13.5. The summed E-state index contributed by atoms with van der Waals surface area (Å²) in [6, 6.07) is 18.6. The summed E-state index contributed by atoms with van der Waals surface area (Å²) in [4.78, 5) is 13.5. The van der Waals surface area contributed by atoms with Crippen molar-refractivity contribution in [3.63, 3.8) is 0 Å². The molecule has 0 saturated heterocycles. The van der Waals surface area contributed by atoms with Gasteiger partial charge < -0.3 is 23.4 Å². The minimum atomic E-state index is -0.224. The lowest BCUT2D eigenvalue weighted by Gasteiger charge is -2.15. The number of aryl methyl sites for hydroxylation is 2. The molecule has 33 heavy (non-hydrogen) atoms. The van der Waals surface area contributed by atoms with Crippen LogP contribution in [-0.4, -0.2) is 27.4 Å². The summed E-state index contributed by atoms with van der Waals surface area (Å²) in [5.41, 5.74) is 2.77. The van der Waals surface area contributed by atoms with E-state index in [0.29, 0.717) is 33.8 Å². The van der Waals surface area contributed by atoms with E-state index >= 15 is 0 Å². The van der Waals surface area contributed by atoms with Crippen molar-refractivity contribution in [2.75, 3.05) is 27.4 Å². The molecule has 3 aromatic carbocycles. The van der Waals surface area contributed by atoms with Crippen LogP contribution in [-0.2, 0) is 0 Å². The maximum atomic E-state index is 13.5. The number of fused-ring (bicyclic) bond motifs is 1. The fourth-order valence-corrected chi connectivity index (χ4v) is 3.79. The Morgan fingerprint density at radius 2 is 1.55 bits per heavy atom. The van der Waals surface area contributed by atoms with Crippen molar-refractivity contribution in [3.05, 3.63) is 82.0 Å². The SMILES string of the molecule is COc1ccc(-c2oc3cc(C)cc(C)c3c(=O)c2OCCOc2ccccc2)cc1OC. The topological polar surface area (TPSA) is 67.1 Å². The molecule has 170 valence electrons. The van der Waals surface area contributed by atoms with Gasteiger partial charge in [-0.3, -0.25) is 4.79 Å². The zero-order chi connectivity index (χ0) is 23.4. The van der Waals surface area contributed by atoms with Crippen LogP contribution in [0.4, 0.5) is 0 Å². The number of ether oxygens (including phenoxy) is 4. The molecule has 0 fully saturated rings. The highest BCUT2D eigenvalue weighted by atomic mass is 16.5. The Hall–Kier alpha value is -3.93. The van der Waals surface area contributed by atoms with Crippen LogP contribution in [0.5, 0.6) is 23.0 Å². The van der Waals surface area contributed by atoms with Crippen LogP contribution in [0.15, 0.2) is 69.9 Å². The molecule has 4 rings (SSSR count). The van der Waals surface area contributed by atoms with Crippen molar-refractivity contribution < 1.29 is 23.4 Å². The largest absolute Gasteiger partial charge is 0.493 e. The van der Waals surface area contributed by atoms with Crippen molar-refractivity contribution in [1.82, 2.24) is 0 Å². The van der Waals surface area contributed by atoms with E-state index in [0.717, 1.165) is 16.9 Å². The van der Waals surface area contributed by atoms with Crippen LogP contribution in [0.1, 0.15) is 11.1 Å². The monoisotopic (exact) mass is 446 g/mol. The van der Waals surface area contributed by atoms with Crippen LogP contribution in [0.3, 0.4) is 0 Å². The van der Waals surface area contributed by atoms with Gasteiger partial charge in [-0.2, -0.15) is 0 Å². The van der Waals surface area contributed by atoms with E-state index in [1.807, 2.05) is 56.3 Å². The summed E-state index contributed by atoms with van der Waals surface area (Å²) < 4.78 is 28.7. The van der Waals surface area contributed by atoms with Gasteiger partial charge in [-0.15, -0.1) is 0 Å². The fourth-order valence-electron chi connectivity index (χ4n) is 3.79. The van der Waals surface area contributed by atoms with Crippen molar-refractivity contribution in [2.24, 2.45) is 0 Å². The number of benzene rings is 3. The molecule has 0 amide bonds. The van der Waals surface area contributed by atoms with Gasteiger partial charge in [-0.1, -0.05) is 24.3 Å². The second-order valence-corrected chi connectivity index (χ2v) is 7.62. The predicted molar refractivity (Wildman–Crippen MR) is 128 cm³/mol. The van der Waals surface area contributed by atoms with Crippen LogP contribution in [0.25, 0.3) is 22.3 Å². The predicted octanol–water partition coefficient (Wildman–Crippen LogP) is 5.55. The van der Waals surface area contributed by atoms with E-state index in [1.165, 1.54) is 0 Å². The van der Waals surface area contributed by atoms with Gasteiger partial charge in [0, 0.05) is 5.56 Å². The number of methoxy groups -OCH3 is 2. The van der Waals surface area contributed by atoms with Gasteiger partial charge in [0.2, 0.25) is 11.2 Å². The highest BCUT2D eigenvalue weighted by molar-refractivity contribution is 5.85. The summed E-state index contributed by atoms with van der Waals surface area (Å²) in [6.45, 7) is 4.31. The van der Waals surface area contributed by atoms with E-state index in [4.69, 9.17) is 23.4 Å². The van der Waals surface area contributed by atoms with Gasteiger partial charge >= 0.3 is 0 Å². The number of hydrogen-bond donors (Lipinski definition) is 0. The molecule has 0 aliphatic carbocycles. The number of hydrogen-bond acceptors (Lipinski definition) is 6. The Labute approximate surface area is 192 Å². The Morgan fingerprint density at radius 3 is 2.27 bits per heavy atom. The van der Waals surface area contributed by atoms with Gasteiger partial charge in [-0.05, 0) is 61.4 Å². The van der Waals surface area contributed by atoms with Crippen LogP contribution in [0.2, 0.25) is 0 Å². The van der Waals surface area contributed by atoms with E-state index in [2.05, 4.69) is 0 Å². The molecule has 0 radical (unpaired) electrons. The third kappa shape index (κ3) is 4.65. The minimum absolute atomic E-state index is 0.137. The summed E-state index contributed by atoms with van der Waals surface area (Å²) in [5.74, 6) is 2.31. The standard InChI is InChI=1S/C27H26O6/c1-17-14-18(2)24-23(15-17)33-26(19-10-11-21(29-3)22(16-19)30-4)27(25(24)28)32-13-12-31-20-8-6-5-7-9-20/h5-11,14-16H,12-13H2,1-4H3. The van der Waals surface area contributed by atoms with Crippen molar-refractivity contribution >= 4 is 11.0 Å². The lowest BCUT2D eigenvalue weighted by Crippen LogP contribution is -2.16. The molecule has 6 nitrogen and oxygen atoms in total. The highest BCUT2D eigenvalue weighted by Gasteiger charge is 2.20. The van der Waals surface area contributed by atoms with E-state index in [9.17, 15) is 4.79 Å². The first kappa shape index (κ1) is 22.3. The summed E-state index contributed by atoms with van der Waals surface area (Å²) in [6.07, 6.45) is 0. The van der Waals surface area contributed by atoms with Gasteiger partial charge in [0.05, 0.1) is 19.6 Å². The first-order chi connectivity index (χ1) is 16.0. The molecule has 4 aromatic rings. The molecule has 0 N–H and O–H groups in total. The summed E-state index contributed by atoms with van der Waals surface area (Å²) in [5, 5.41) is 0.504. The van der Waals surface area contributed by atoms with Crippen molar-refractivity contribution in [3.8, 4) is 34.3 Å². The third-order valence-corrected chi connectivity index (χ3v) is 5.28. The second-order valence-electron chi connectivity index (χ2n) is 7.62.